The summed E-state index contributed by atoms with van der Waals surface area (Å²) in [5.41, 5.74) is 6.15. The lowest BCUT2D eigenvalue weighted by molar-refractivity contribution is 0.0594. The van der Waals surface area contributed by atoms with Crippen molar-refractivity contribution in [2.75, 3.05) is 59.6 Å². The lowest BCUT2D eigenvalue weighted by Gasteiger charge is -2.38. The quantitative estimate of drug-likeness (QED) is 0.469. The number of halogens is 1. The van der Waals surface area contributed by atoms with Crippen molar-refractivity contribution < 1.29 is 19.1 Å². The van der Waals surface area contributed by atoms with Gasteiger partial charge in [0.15, 0.2) is 0 Å². The zero-order chi connectivity index (χ0) is 27.2. The number of aryl methyl sites for hydroxylation is 1. The highest BCUT2D eigenvalue weighted by molar-refractivity contribution is 6.30. The highest BCUT2D eigenvalue weighted by Crippen LogP contribution is 2.41. The Balaban J connectivity index is 1.59. The number of hydrogen-bond acceptors (Lipinski definition) is 5. The molecule has 0 radical (unpaired) electrons. The Kier molecular flexibility index (Phi) is 9.47. The SMILES string of the molecule is CCOC(=O)N1CCC(c2cc(Cl)ccc2C)=C(C)C1c1ccc(C(=O)N2CCN(CCOC)CC2)cc1. The first-order chi connectivity index (χ1) is 18.3. The molecule has 1 atom stereocenters. The van der Waals surface area contributed by atoms with Gasteiger partial charge in [0, 0.05) is 57.0 Å². The Morgan fingerprint density at radius 1 is 1.00 bits per heavy atom. The number of rotatable bonds is 7. The highest BCUT2D eigenvalue weighted by Gasteiger charge is 2.34. The van der Waals surface area contributed by atoms with Crippen molar-refractivity contribution in [3.63, 3.8) is 0 Å². The van der Waals surface area contributed by atoms with E-state index in [2.05, 4.69) is 18.7 Å². The predicted octanol–water partition coefficient (Wildman–Crippen LogP) is 5.43. The van der Waals surface area contributed by atoms with Crippen molar-refractivity contribution >= 4 is 29.2 Å². The van der Waals surface area contributed by atoms with Gasteiger partial charge < -0.3 is 14.4 Å². The van der Waals surface area contributed by atoms with Crippen molar-refractivity contribution in [2.24, 2.45) is 0 Å². The van der Waals surface area contributed by atoms with Crippen LogP contribution >= 0.6 is 11.6 Å². The van der Waals surface area contributed by atoms with Gasteiger partial charge in [-0.15, -0.1) is 0 Å². The van der Waals surface area contributed by atoms with Crippen molar-refractivity contribution in [2.45, 2.75) is 33.2 Å². The molecule has 1 saturated heterocycles. The van der Waals surface area contributed by atoms with E-state index in [0.717, 1.165) is 48.3 Å². The number of benzene rings is 2. The van der Waals surface area contributed by atoms with E-state index < -0.39 is 0 Å². The fraction of sp³-hybridized carbons (Fsp3) is 0.467. The second-order valence-electron chi connectivity index (χ2n) is 9.91. The van der Waals surface area contributed by atoms with E-state index >= 15 is 0 Å². The van der Waals surface area contributed by atoms with Crippen LogP contribution in [0.4, 0.5) is 4.79 Å². The summed E-state index contributed by atoms with van der Waals surface area (Å²) in [5, 5.41) is 0.692. The van der Waals surface area contributed by atoms with Gasteiger partial charge in [0.25, 0.3) is 5.91 Å². The van der Waals surface area contributed by atoms with Crippen LogP contribution < -0.4 is 0 Å². The van der Waals surface area contributed by atoms with Gasteiger partial charge in [-0.25, -0.2) is 4.79 Å². The molecule has 38 heavy (non-hydrogen) atoms. The van der Waals surface area contributed by atoms with Gasteiger partial charge >= 0.3 is 6.09 Å². The summed E-state index contributed by atoms with van der Waals surface area (Å²) in [6.45, 7) is 11.5. The number of amides is 2. The van der Waals surface area contributed by atoms with Crippen LogP contribution in [0.15, 0.2) is 48.0 Å². The Morgan fingerprint density at radius 2 is 1.71 bits per heavy atom. The maximum atomic E-state index is 13.2. The molecule has 7 nitrogen and oxygen atoms in total. The minimum atomic E-state index is -0.329. The maximum Gasteiger partial charge on any atom is 0.410 e. The first-order valence-electron chi connectivity index (χ1n) is 13.3. The van der Waals surface area contributed by atoms with E-state index in [1.54, 1.807) is 12.0 Å². The molecule has 2 heterocycles. The summed E-state index contributed by atoms with van der Waals surface area (Å²) >= 11 is 6.35. The molecule has 4 rings (SSSR count). The Hall–Kier alpha value is -2.87. The van der Waals surface area contributed by atoms with Crippen LogP contribution in [0, 0.1) is 6.92 Å². The first kappa shape index (κ1) is 28.1. The third kappa shape index (κ3) is 6.22. The summed E-state index contributed by atoms with van der Waals surface area (Å²) < 4.78 is 10.6. The summed E-state index contributed by atoms with van der Waals surface area (Å²) in [6.07, 6.45) is 0.389. The molecule has 2 amide bonds. The monoisotopic (exact) mass is 539 g/mol. The lowest BCUT2D eigenvalue weighted by atomic mass is 9.84. The minimum absolute atomic E-state index is 0.0383. The molecule has 0 aliphatic carbocycles. The predicted molar refractivity (Wildman–Crippen MR) is 151 cm³/mol. The Bertz CT molecular complexity index is 1170. The normalized spacial score (nSPS) is 18.6. The number of carbonyl (C=O) groups excluding carboxylic acids is 2. The fourth-order valence-electron chi connectivity index (χ4n) is 5.44. The molecule has 2 aromatic rings. The van der Waals surface area contributed by atoms with E-state index in [1.807, 2.05) is 54.3 Å². The second-order valence-corrected chi connectivity index (χ2v) is 10.4. The van der Waals surface area contributed by atoms with Gasteiger partial charge in [0.1, 0.15) is 0 Å². The maximum absolute atomic E-state index is 13.2. The standard InChI is InChI=1S/C30H38ClN3O4/c1-5-38-30(36)34-13-12-26(27-20-25(31)11-6-21(27)2)22(3)28(34)23-7-9-24(10-8-23)29(35)33-16-14-32(15-17-33)18-19-37-4/h6-11,20,28H,5,12-19H2,1-4H3. The smallest absolute Gasteiger partial charge is 0.410 e. The number of carbonyl (C=O) groups is 2. The van der Waals surface area contributed by atoms with Gasteiger partial charge in [0.2, 0.25) is 0 Å². The summed E-state index contributed by atoms with van der Waals surface area (Å²) in [6, 6.07) is 13.3. The molecule has 1 fully saturated rings. The summed E-state index contributed by atoms with van der Waals surface area (Å²) in [7, 11) is 1.71. The van der Waals surface area contributed by atoms with Crippen molar-refractivity contribution in [3.05, 3.63) is 75.3 Å². The first-order valence-corrected chi connectivity index (χ1v) is 13.7. The number of hydrogen-bond donors (Lipinski definition) is 0. The second kappa shape index (κ2) is 12.8. The van der Waals surface area contributed by atoms with Crippen LogP contribution in [-0.4, -0.2) is 86.3 Å². The van der Waals surface area contributed by atoms with Crippen LogP contribution in [-0.2, 0) is 9.47 Å². The zero-order valence-electron chi connectivity index (χ0n) is 22.8. The van der Waals surface area contributed by atoms with Crippen LogP contribution in [0.1, 0.15) is 53.4 Å². The minimum Gasteiger partial charge on any atom is -0.450 e. The van der Waals surface area contributed by atoms with Crippen LogP contribution in [0.2, 0.25) is 5.02 Å². The van der Waals surface area contributed by atoms with Crippen molar-refractivity contribution in [1.29, 1.82) is 0 Å². The van der Waals surface area contributed by atoms with E-state index in [4.69, 9.17) is 21.1 Å². The molecule has 0 N–H and O–H groups in total. The van der Waals surface area contributed by atoms with Crippen molar-refractivity contribution in [1.82, 2.24) is 14.7 Å². The molecule has 0 aromatic heterocycles. The molecule has 8 heteroatoms. The average Bonchev–Trinajstić information content (AvgIpc) is 2.93. The molecule has 2 aromatic carbocycles. The number of nitrogens with zero attached hydrogens (tertiary/aromatic N) is 3. The van der Waals surface area contributed by atoms with E-state index in [0.29, 0.717) is 43.4 Å². The average molecular weight is 540 g/mol. The topological polar surface area (TPSA) is 62.3 Å². The Labute approximate surface area is 230 Å². The molecule has 204 valence electrons. The molecular formula is C30H38ClN3O4. The van der Waals surface area contributed by atoms with E-state index in [1.165, 1.54) is 5.57 Å². The molecule has 1 unspecified atom stereocenters. The van der Waals surface area contributed by atoms with Gasteiger partial charge in [-0.05, 0) is 79.3 Å². The molecule has 0 bridgehead atoms. The number of methoxy groups -OCH3 is 1. The number of ether oxygens (including phenoxy) is 2. The van der Waals surface area contributed by atoms with Gasteiger partial charge in [-0.3, -0.25) is 14.6 Å². The van der Waals surface area contributed by atoms with Gasteiger partial charge in [-0.2, -0.15) is 0 Å². The third-order valence-electron chi connectivity index (χ3n) is 7.57. The van der Waals surface area contributed by atoms with Gasteiger partial charge in [0.05, 0.1) is 19.3 Å². The number of piperazine rings is 1. The third-order valence-corrected chi connectivity index (χ3v) is 7.81. The molecule has 2 aliphatic rings. The lowest BCUT2D eigenvalue weighted by Crippen LogP contribution is -2.49. The van der Waals surface area contributed by atoms with Crippen molar-refractivity contribution in [3.8, 4) is 0 Å². The Morgan fingerprint density at radius 3 is 2.37 bits per heavy atom. The summed E-state index contributed by atoms with van der Waals surface area (Å²) in [4.78, 5) is 32.2. The molecule has 0 spiro atoms. The fourth-order valence-corrected chi connectivity index (χ4v) is 5.61. The van der Waals surface area contributed by atoms with Crippen LogP contribution in [0.5, 0.6) is 0 Å². The van der Waals surface area contributed by atoms with Crippen LogP contribution in [0.3, 0.4) is 0 Å². The van der Waals surface area contributed by atoms with E-state index in [-0.39, 0.29) is 18.0 Å². The van der Waals surface area contributed by atoms with Crippen LogP contribution in [0.25, 0.3) is 5.57 Å². The summed E-state index contributed by atoms with van der Waals surface area (Å²) in [5.74, 6) is 0.0383. The largest absolute Gasteiger partial charge is 0.450 e. The highest BCUT2D eigenvalue weighted by atomic mass is 35.5. The zero-order valence-corrected chi connectivity index (χ0v) is 23.6. The van der Waals surface area contributed by atoms with E-state index in [9.17, 15) is 9.59 Å². The molecular weight excluding hydrogens is 502 g/mol. The molecule has 2 aliphatic heterocycles. The molecule has 0 saturated carbocycles. The van der Waals surface area contributed by atoms with Gasteiger partial charge in [-0.1, -0.05) is 29.8 Å².